The number of nitrogens with zero attached hydrogens (tertiary/aromatic N) is 10. The fourth-order valence-corrected chi connectivity index (χ4v) is 25.5. The predicted molar refractivity (Wildman–Crippen MR) is 573 cm³/mol. The van der Waals surface area contributed by atoms with Crippen LogP contribution in [0, 0.1) is 46.5 Å². The number of aryl methyl sites for hydroxylation is 5. The second-order valence-corrected chi connectivity index (χ2v) is 43.9. The summed E-state index contributed by atoms with van der Waals surface area (Å²) >= 11 is 63.9. The highest BCUT2D eigenvalue weighted by Gasteiger charge is 2.42. The van der Waals surface area contributed by atoms with Crippen molar-refractivity contribution in [2.24, 2.45) is 11.8 Å². The number of ether oxygens (including phenoxy) is 1. The first kappa shape index (κ1) is 101. The molecule has 714 valence electrons. The normalized spacial score (nSPS) is 23.9. The van der Waals surface area contributed by atoms with Gasteiger partial charge in [-0.25, -0.2) is 0 Å². The van der Waals surface area contributed by atoms with Gasteiger partial charge in [-0.05, 0) is 294 Å². The van der Waals surface area contributed by atoms with Crippen LogP contribution in [0.1, 0.15) is 209 Å². The zero-order valence-electron chi connectivity index (χ0n) is 79.3. The summed E-state index contributed by atoms with van der Waals surface area (Å²) in [6.07, 6.45) is 22.6. The molecule has 0 aromatic heterocycles. The van der Waals surface area contributed by atoms with E-state index in [1.165, 1.54) is 152 Å². The molecule has 9 unspecified atom stereocenters. The van der Waals surface area contributed by atoms with Gasteiger partial charge in [0.05, 0.1) is 83.8 Å². The number of anilines is 5. The fourth-order valence-electron chi connectivity index (χ4n) is 23.1. The maximum absolute atomic E-state index is 6.65. The Balaban J connectivity index is 0.000000122. The van der Waals surface area contributed by atoms with Gasteiger partial charge in [0.15, 0.2) is 0 Å². The van der Waals surface area contributed by atoms with E-state index in [4.69, 9.17) is 121 Å². The van der Waals surface area contributed by atoms with Crippen LogP contribution in [-0.2, 0) is 4.74 Å². The summed E-state index contributed by atoms with van der Waals surface area (Å²) in [6.45, 7) is 32.6. The van der Waals surface area contributed by atoms with E-state index in [0.717, 1.165) is 239 Å². The molecule has 9 atom stereocenters. The molecular weight excluding hydrogens is 1870 g/mol. The van der Waals surface area contributed by atoms with E-state index in [1.807, 2.05) is 60.7 Å². The third-order valence-corrected chi connectivity index (χ3v) is 33.3. The topological polar surface area (TPSA) is 41.6 Å². The molecule has 0 radical (unpaired) electrons. The first-order valence-corrected chi connectivity index (χ1v) is 53.4. The number of hydrogen-bond acceptors (Lipinski definition) is 11. The van der Waals surface area contributed by atoms with E-state index in [1.54, 1.807) is 0 Å². The molecule has 11 nitrogen and oxygen atoms in total. The lowest BCUT2D eigenvalue weighted by atomic mass is 9.92. The highest BCUT2D eigenvalue weighted by molar-refractivity contribution is 6.35. The van der Waals surface area contributed by atoms with Crippen LogP contribution >= 0.6 is 116 Å². The summed E-state index contributed by atoms with van der Waals surface area (Å²) < 4.78 is 5.56. The Labute approximate surface area is 850 Å². The summed E-state index contributed by atoms with van der Waals surface area (Å²) in [5.41, 5.74) is 18.2. The summed E-state index contributed by atoms with van der Waals surface area (Å²) in [5, 5.41) is 8.14. The molecule has 10 fully saturated rings. The van der Waals surface area contributed by atoms with Gasteiger partial charge >= 0.3 is 0 Å². The molecular formula is C113H136Cl10N10O. The summed E-state index contributed by atoms with van der Waals surface area (Å²) in [5.74, 6) is 1.65. The Morgan fingerprint density at radius 3 is 0.746 bits per heavy atom. The quantitative estimate of drug-likeness (QED) is 0.0986. The minimum atomic E-state index is 0.263. The van der Waals surface area contributed by atoms with Crippen molar-refractivity contribution >= 4 is 144 Å². The lowest BCUT2D eigenvalue weighted by Crippen LogP contribution is -2.53. The molecule has 0 bridgehead atoms. The third-order valence-electron chi connectivity index (χ3n) is 30.5. The lowest BCUT2D eigenvalue weighted by molar-refractivity contribution is 0.0270. The van der Waals surface area contributed by atoms with Crippen molar-refractivity contribution in [3.05, 3.63) is 318 Å². The molecule has 0 amide bonds. The Kier molecular flexibility index (Phi) is 36.0. The van der Waals surface area contributed by atoms with Gasteiger partial charge in [0, 0.05) is 167 Å². The highest BCUT2D eigenvalue weighted by atomic mass is 35.5. The van der Waals surface area contributed by atoms with Gasteiger partial charge in [0.1, 0.15) is 0 Å². The smallest absolute Gasteiger partial charge is 0.0670 e. The van der Waals surface area contributed by atoms with Crippen LogP contribution in [0.3, 0.4) is 0 Å². The standard InChI is InChI=1S/3C23H28Cl2N2.C22H26Cl2N2O.C22H26Cl2N2/c1-16-3-9-20(13-16)26-11-12-27(22-10-4-17(2)14-21(22)25)23(15-26)18-5-7-19(24)8-6-18;1-16-6-11-22(20(25)14-16)27-13-12-26(21-5-3-4-17(21)2)15-23(27)18-7-9-19(24)10-8-18;1-17-7-12-22(21(25)15-17)27-14-13-26(20-5-3-2-4-6-20)16-23(27)18-8-10-19(24)11-9-18;1-16-2-7-21(20(24)14-16)26-11-10-25(19-8-12-27-13-9-19)15-22(26)17-3-5-18(23)6-4-17;1-16-6-11-21(20(24)14-16)26-13-12-25(19-4-2-3-5-19)15-22(26)17-7-9-18(23)10-8-17/h4-8,10,14,16,20,23H,3,9,11-13,15H2,1-2H3;6-11,14,17,21,23H,3-5,12-13,15H2,1-2H3;7-12,15,20,23H,2-6,13-14,16H2,1H3;2-7,14,19,22H,8-13,15H2,1H3;6-11,14,19,22H,2-5,12-13,15H2,1H3. The van der Waals surface area contributed by atoms with Gasteiger partial charge in [-0.15, -0.1) is 0 Å². The fraction of sp³-hybridized carbons (Fsp3) is 0.469. The summed E-state index contributed by atoms with van der Waals surface area (Å²) in [6, 6.07) is 78.6. The summed E-state index contributed by atoms with van der Waals surface area (Å²) in [7, 11) is 0. The molecule has 0 spiro atoms. The van der Waals surface area contributed by atoms with Crippen LogP contribution in [0.2, 0.25) is 50.2 Å². The van der Waals surface area contributed by atoms with Gasteiger partial charge in [-0.3, -0.25) is 24.5 Å². The molecule has 20 rings (SSSR count). The van der Waals surface area contributed by atoms with Crippen molar-refractivity contribution in [2.75, 3.05) is 136 Å². The predicted octanol–water partition coefficient (Wildman–Crippen LogP) is 30.7. The molecule has 6 heterocycles. The average molecular weight is 2000 g/mol. The molecule has 4 saturated carbocycles. The first-order chi connectivity index (χ1) is 64.9. The minimum absolute atomic E-state index is 0.263. The number of rotatable bonds is 15. The van der Waals surface area contributed by atoms with Crippen molar-refractivity contribution in [2.45, 2.75) is 218 Å². The minimum Gasteiger partial charge on any atom is -0.381 e. The Morgan fingerprint density at radius 1 is 0.239 bits per heavy atom. The number of benzene rings is 10. The maximum atomic E-state index is 6.65. The summed E-state index contributed by atoms with van der Waals surface area (Å²) in [4.78, 5) is 25.9. The van der Waals surface area contributed by atoms with Gasteiger partial charge in [-0.2, -0.15) is 0 Å². The first-order valence-electron chi connectivity index (χ1n) is 49.6. The van der Waals surface area contributed by atoms with Crippen molar-refractivity contribution in [1.82, 2.24) is 24.5 Å². The Morgan fingerprint density at radius 2 is 0.493 bits per heavy atom. The van der Waals surface area contributed by atoms with Gasteiger partial charge in [0.2, 0.25) is 0 Å². The van der Waals surface area contributed by atoms with Crippen LogP contribution in [0.4, 0.5) is 28.4 Å². The van der Waals surface area contributed by atoms with Crippen LogP contribution in [0.5, 0.6) is 0 Å². The third kappa shape index (κ3) is 25.8. The lowest BCUT2D eigenvalue weighted by Gasteiger charge is -2.47. The number of hydrogen-bond donors (Lipinski definition) is 0. The zero-order chi connectivity index (χ0) is 93.6. The monoisotopic (exact) mass is 2000 g/mol. The van der Waals surface area contributed by atoms with Gasteiger partial charge < -0.3 is 29.2 Å². The second-order valence-electron chi connectivity index (χ2n) is 39.7. The van der Waals surface area contributed by atoms with E-state index in [9.17, 15) is 0 Å². The van der Waals surface area contributed by atoms with E-state index in [2.05, 4.69) is 249 Å². The van der Waals surface area contributed by atoms with Crippen molar-refractivity contribution in [3.63, 3.8) is 0 Å². The van der Waals surface area contributed by atoms with Crippen LogP contribution in [-0.4, -0.2) is 166 Å². The second kappa shape index (κ2) is 47.9. The van der Waals surface area contributed by atoms with Crippen molar-refractivity contribution in [1.29, 1.82) is 0 Å². The van der Waals surface area contributed by atoms with Crippen LogP contribution in [0.25, 0.3) is 0 Å². The Bertz CT molecular complexity index is 5130. The van der Waals surface area contributed by atoms with Crippen molar-refractivity contribution in [3.8, 4) is 0 Å². The zero-order valence-corrected chi connectivity index (χ0v) is 86.9. The largest absolute Gasteiger partial charge is 0.381 e. The molecule has 10 aromatic carbocycles. The van der Waals surface area contributed by atoms with Gasteiger partial charge in [0.25, 0.3) is 0 Å². The maximum Gasteiger partial charge on any atom is 0.0670 e. The molecule has 10 aromatic rings. The van der Waals surface area contributed by atoms with Crippen molar-refractivity contribution < 1.29 is 4.74 Å². The SMILES string of the molecule is Cc1ccc(N2CCN(C3CCC(C)C3)CC2c2ccc(Cl)cc2)c(Cl)c1.Cc1ccc(N2CCN(C3CCCC3)CC2c2ccc(Cl)cc2)c(Cl)c1.Cc1ccc(N2CCN(C3CCCC3C)CC2c2ccc(Cl)cc2)c(Cl)c1.Cc1ccc(N2CCN(C3CCCCC3)CC2c2ccc(Cl)cc2)c(Cl)c1.Cc1ccc(N2CCN(C3CCOCC3)CC2c2ccc(Cl)cc2)c(Cl)c1. The van der Waals surface area contributed by atoms with E-state index < -0.39 is 0 Å². The number of piperazine rings is 5. The van der Waals surface area contributed by atoms with Gasteiger partial charge in [-0.1, -0.05) is 259 Å². The average Bonchev–Trinajstić information content (AvgIpc) is 1.42. The van der Waals surface area contributed by atoms with E-state index in [-0.39, 0.29) is 6.04 Å². The molecule has 6 saturated heterocycles. The van der Waals surface area contributed by atoms with Crippen LogP contribution in [0.15, 0.2) is 212 Å². The van der Waals surface area contributed by atoms with E-state index >= 15 is 0 Å². The number of halogens is 10. The highest BCUT2D eigenvalue weighted by Crippen LogP contribution is 2.46. The molecule has 10 aliphatic rings. The molecule has 134 heavy (non-hydrogen) atoms. The van der Waals surface area contributed by atoms with Crippen LogP contribution < -0.4 is 24.5 Å². The molecule has 4 aliphatic carbocycles. The molecule has 0 N–H and O–H groups in total. The molecule has 6 aliphatic heterocycles. The molecule has 21 heteroatoms. The van der Waals surface area contributed by atoms with E-state index in [0.29, 0.717) is 30.2 Å². The Hall–Kier alpha value is -6.14.